The highest BCUT2D eigenvalue weighted by Gasteiger charge is 2.16. The van der Waals surface area contributed by atoms with Crippen LogP contribution in [-0.2, 0) is 4.79 Å². The van der Waals surface area contributed by atoms with Crippen LogP contribution in [0, 0.1) is 0 Å². The van der Waals surface area contributed by atoms with Crippen molar-refractivity contribution in [2.75, 3.05) is 13.1 Å². The van der Waals surface area contributed by atoms with E-state index in [1.807, 2.05) is 6.08 Å². The van der Waals surface area contributed by atoms with Crippen molar-refractivity contribution in [3.8, 4) is 0 Å². The highest BCUT2D eigenvalue weighted by Crippen LogP contribution is 2.16. The number of hydrogen-bond donors (Lipinski definition) is 0. The van der Waals surface area contributed by atoms with Crippen LogP contribution in [0.25, 0.3) is 0 Å². The molecule has 0 saturated heterocycles. The lowest BCUT2D eigenvalue weighted by Gasteiger charge is -2.29. The maximum absolute atomic E-state index is 11.2. The van der Waals surface area contributed by atoms with Crippen LogP contribution in [0.5, 0.6) is 0 Å². The average molecular weight is 221 g/mol. The van der Waals surface area contributed by atoms with Crippen LogP contribution in [0.4, 0.5) is 0 Å². The van der Waals surface area contributed by atoms with Crippen molar-refractivity contribution in [1.29, 1.82) is 0 Å². The van der Waals surface area contributed by atoms with Crippen molar-refractivity contribution < 1.29 is 4.79 Å². The molecule has 0 bridgehead atoms. The number of ketones is 1. The van der Waals surface area contributed by atoms with Gasteiger partial charge in [0.15, 0.2) is 5.78 Å². The Morgan fingerprint density at radius 3 is 2.69 bits per heavy atom. The predicted molar refractivity (Wildman–Crippen MR) is 68.5 cm³/mol. The first-order valence-corrected chi connectivity index (χ1v) is 6.32. The van der Waals surface area contributed by atoms with Gasteiger partial charge in [0, 0.05) is 11.6 Å². The Hall–Kier alpha value is -0.890. The fourth-order valence-electron chi connectivity index (χ4n) is 2.06. The maximum Gasteiger partial charge on any atom is 0.159 e. The van der Waals surface area contributed by atoms with Gasteiger partial charge in [-0.05, 0) is 32.9 Å². The van der Waals surface area contributed by atoms with Gasteiger partial charge in [0.2, 0.25) is 0 Å². The highest BCUT2D eigenvalue weighted by molar-refractivity contribution is 5.96. The third-order valence-corrected chi connectivity index (χ3v) is 3.16. The third-order valence-electron chi connectivity index (χ3n) is 3.16. The van der Waals surface area contributed by atoms with E-state index >= 15 is 0 Å². The summed E-state index contributed by atoms with van der Waals surface area (Å²) < 4.78 is 0. The molecular formula is C14H23NO. The number of carbonyl (C=O) groups is 1. The first-order chi connectivity index (χ1) is 7.69. The van der Waals surface area contributed by atoms with Gasteiger partial charge in [0.1, 0.15) is 0 Å². The average Bonchev–Trinajstić information content (AvgIpc) is 2.30. The van der Waals surface area contributed by atoms with Crippen LogP contribution in [0.15, 0.2) is 23.8 Å². The van der Waals surface area contributed by atoms with Gasteiger partial charge in [-0.3, -0.25) is 9.69 Å². The molecule has 0 saturated carbocycles. The van der Waals surface area contributed by atoms with Gasteiger partial charge in [0.25, 0.3) is 0 Å². The number of rotatable bonds is 6. The molecule has 1 unspecified atom stereocenters. The van der Waals surface area contributed by atoms with Gasteiger partial charge in [0.05, 0.1) is 0 Å². The number of nitrogens with zero attached hydrogens (tertiary/aromatic N) is 1. The van der Waals surface area contributed by atoms with Crippen LogP contribution in [0.2, 0.25) is 0 Å². The lowest BCUT2D eigenvalue weighted by atomic mass is 9.99. The second-order valence-corrected chi connectivity index (χ2v) is 4.36. The molecule has 0 fully saturated rings. The number of allylic oxidation sites excluding steroid dienone is 2. The normalized spacial score (nSPS) is 20.0. The summed E-state index contributed by atoms with van der Waals surface area (Å²) in [5.74, 6) is 0.173. The minimum absolute atomic E-state index is 0.173. The first-order valence-electron chi connectivity index (χ1n) is 6.32. The Kier molecular flexibility index (Phi) is 5.47. The summed E-state index contributed by atoms with van der Waals surface area (Å²) in [6.07, 6.45) is 9.69. The molecule has 0 radical (unpaired) electrons. The summed E-state index contributed by atoms with van der Waals surface area (Å²) in [5.41, 5.74) is 0.864. The second kappa shape index (κ2) is 6.64. The summed E-state index contributed by atoms with van der Waals surface area (Å²) >= 11 is 0. The van der Waals surface area contributed by atoms with Crippen molar-refractivity contribution in [2.45, 2.75) is 46.1 Å². The Balaban J connectivity index is 2.52. The van der Waals surface area contributed by atoms with E-state index in [-0.39, 0.29) is 5.78 Å². The van der Waals surface area contributed by atoms with E-state index in [4.69, 9.17) is 0 Å². The molecule has 1 aliphatic carbocycles. The lowest BCUT2D eigenvalue weighted by Crippen LogP contribution is -2.35. The Morgan fingerprint density at radius 1 is 1.50 bits per heavy atom. The van der Waals surface area contributed by atoms with Gasteiger partial charge in [-0.2, -0.15) is 0 Å². The topological polar surface area (TPSA) is 20.3 Å². The van der Waals surface area contributed by atoms with Gasteiger partial charge in [-0.1, -0.05) is 38.5 Å². The van der Waals surface area contributed by atoms with Crippen LogP contribution in [0.3, 0.4) is 0 Å². The number of Topliss-reactive ketones (excluding diaryl/α,β-unsaturated/α-hetero) is 1. The van der Waals surface area contributed by atoms with Crippen molar-refractivity contribution in [2.24, 2.45) is 0 Å². The second-order valence-electron chi connectivity index (χ2n) is 4.36. The van der Waals surface area contributed by atoms with E-state index in [2.05, 4.69) is 30.9 Å². The molecule has 1 rings (SSSR count). The highest BCUT2D eigenvalue weighted by atomic mass is 16.1. The van der Waals surface area contributed by atoms with E-state index in [1.54, 1.807) is 6.92 Å². The molecule has 2 nitrogen and oxygen atoms in total. The molecule has 16 heavy (non-hydrogen) atoms. The summed E-state index contributed by atoms with van der Waals surface area (Å²) in [5, 5.41) is 0. The van der Waals surface area contributed by atoms with E-state index in [0.29, 0.717) is 6.04 Å². The fraction of sp³-hybridized carbons (Fsp3) is 0.643. The summed E-state index contributed by atoms with van der Waals surface area (Å²) in [4.78, 5) is 13.7. The SMILES string of the molecule is CCCCN(CC)C1C=CC(C(C)=O)=CC1. The number of carbonyl (C=O) groups excluding carboxylic acids is 1. The number of hydrogen-bond acceptors (Lipinski definition) is 2. The van der Waals surface area contributed by atoms with E-state index in [1.165, 1.54) is 12.8 Å². The lowest BCUT2D eigenvalue weighted by molar-refractivity contribution is -0.113. The van der Waals surface area contributed by atoms with Gasteiger partial charge in [-0.25, -0.2) is 0 Å². The standard InChI is InChI=1S/C14H23NO/c1-4-6-11-15(5-2)14-9-7-13(8-10-14)12(3)16/h7-9,14H,4-6,10-11H2,1-3H3. The molecule has 0 amide bonds. The van der Waals surface area contributed by atoms with Crippen LogP contribution in [-0.4, -0.2) is 29.8 Å². The molecule has 0 N–H and O–H groups in total. The molecular weight excluding hydrogens is 198 g/mol. The molecule has 0 heterocycles. The molecule has 0 aromatic rings. The van der Waals surface area contributed by atoms with Crippen LogP contribution < -0.4 is 0 Å². The van der Waals surface area contributed by atoms with Crippen molar-refractivity contribution >= 4 is 5.78 Å². The van der Waals surface area contributed by atoms with Gasteiger partial charge < -0.3 is 0 Å². The van der Waals surface area contributed by atoms with Crippen molar-refractivity contribution in [3.63, 3.8) is 0 Å². The Morgan fingerprint density at radius 2 is 2.25 bits per heavy atom. The zero-order valence-electron chi connectivity index (χ0n) is 10.7. The van der Waals surface area contributed by atoms with E-state index in [9.17, 15) is 4.79 Å². The molecule has 0 aliphatic heterocycles. The monoisotopic (exact) mass is 221 g/mol. The van der Waals surface area contributed by atoms with Crippen LogP contribution >= 0.6 is 0 Å². The van der Waals surface area contributed by atoms with Gasteiger partial charge in [-0.15, -0.1) is 0 Å². The Labute approximate surface area is 99.0 Å². The smallest absolute Gasteiger partial charge is 0.159 e. The minimum Gasteiger partial charge on any atom is -0.297 e. The summed E-state index contributed by atoms with van der Waals surface area (Å²) in [6.45, 7) is 8.29. The molecule has 0 aromatic heterocycles. The Bertz CT molecular complexity index is 291. The summed E-state index contributed by atoms with van der Waals surface area (Å²) in [6, 6.07) is 0.486. The number of likely N-dealkylation sites (N-methyl/N-ethyl adjacent to an activating group) is 1. The number of unbranched alkanes of at least 4 members (excludes halogenated alkanes) is 1. The quantitative estimate of drug-likeness (QED) is 0.687. The molecule has 0 spiro atoms. The predicted octanol–water partition coefficient (Wildman–Crippen LogP) is 2.95. The van der Waals surface area contributed by atoms with E-state index in [0.717, 1.165) is 25.1 Å². The largest absolute Gasteiger partial charge is 0.297 e. The maximum atomic E-state index is 11.2. The van der Waals surface area contributed by atoms with Gasteiger partial charge >= 0.3 is 0 Å². The molecule has 2 heteroatoms. The summed E-state index contributed by atoms with van der Waals surface area (Å²) in [7, 11) is 0. The minimum atomic E-state index is 0.173. The van der Waals surface area contributed by atoms with Crippen molar-refractivity contribution in [3.05, 3.63) is 23.8 Å². The fourth-order valence-corrected chi connectivity index (χ4v) is 2.06. The molecule has 90 valence electrons. The molecule has 0 aromatic carbocycles. The van der Waals surface area contributed by atoms with Crippen LogP contribution in [0.1, 0.15) is 40.0 Å². The third kappa shape index (κ3) is 3.60. The molecule has 1 atom stereocenters. The van der Waals surface area contributed by atoms with Crippen molar-refractivity contribution in [1.82, 2.24) is 4.90 Å². The zero-order valence-corrected chi connectivity index (χ0v) is 10.7. The first kappa shape index (κ1) is 13.2. The van der Waals surface area contributed by atoms with E-state index < -0.39 is 0 Å². The molecule has 1 aliphatic rings. The zero-order chi connectivity index (χ0) is 12.0.